The summed E-state index contributed by atoms with van der Waals surface area (Å²) in [5.74, 6) is -0.332. The van der Waals surface area contributed by atoms with Crippen LogP contribution in [0.5, 0.6) is 0 Å². The van der Waals surface area contributed by atoms with Crippen LogP contribution < -0.4 is 5.73 Å². The number of rotatable bonds is 5. The average molecular weight is 238 g/mol. The smallest absolute Gasteiger partial charge is 0.227 e. The number of nitrogens with two attached hydrogens (primary N) is 1. The molecule has 94 valence electrons. The lowest BCUT2D eigenvalue weighted by Crippen LogP contribution is -2.41. The maximum atomic E-state index is 13.0. The van der Waals surface area contributed by atoms with Crippen LogP contribution in [0, 0.1) is 5.82 Å². The van der Waals surface area contributed by atoms with Crippen LogP contribution in [0.25, 0.3) is 0 Å². The molecule has 1 aromatic rings. The molecule has 0 fully saturated rings. The summed E-state index contributed by atoms with van der Waals surface area (Å²) in [5.41, 5.74) is 6.16. The first-order valence-electron chi connectivity index (χ1n) is 5.78. The summed E-state index contributed by atoms with van der Waals surface area (Å²) in [6, 6.07) is 6.23. The SMILES string of the molecule is CC(C)N(CCN)C(=O)Cc1cccc(F)c1. The Labute approximate surface area is 101 Å². The van der Waals surface area contributed by atoms with Crippen molar-refractivity contribution in [2.75, 3.05) is 13.1 Å². The molecular formula is C13H19FN2O. The maximum Gasteiger partial charge on any atom is 0.227 e. The van der Waals surface area contributed by atoms with Crippen LogP contribution in [0.3, 0.4) is 0 Å². The van der Waals surface area contributed by atoms with Crippen LogP contribution in [-0.4, -0.2) is 29.9 Å². The van der Waals surface area contributed by atoms with Crippen molar-refractivity contribution >= 4 is 5.91 Å². The molecule has 4 heteroatoms. The van der Waals surface area contributed by atoms with E-state index in [-0.39, 0.29) is 24.2 Å². The van der Waals surface area contributed by atoms with E-state index in [0.29, 0.717) is 18.7 Å². The summed E-state index contributed by atoms with van der Waals surface area (Å²) in [6.45, 7) is 4.86. The number of halogens is 1. The third-order valence-corrected chi connectivity index (χ3v) is 2.56. The molecule has 1 amide bonds. The highest BCUT2D eigenvalue weighted by Crippen LogP contribution is 2.08. The minimum absolute atomic E-state index is 0.0175. The van der Waals surface area contributed by atoms with E-state index >= 15 is 0 Å². The predicted molar refractivity (Wildman–Crippen MR) is 66.0 cm³/mol. The van der Waals surface area contributed by atoms with Crippen molar-refractivity contribution in [3.8, 4) is 0 Å². The highest BCUT2D eigenvalue weighted by molar-refractivity contribution is 5.79. The van der Waals surface area contributed by atoms with Crippen LogP contribution in [0.4, 0.5) is 4.39 Å². The molecule has 3 nitrogen and oxygen atoms in total. The van der Waals surface area contributed by atoms with Crippen LogP contribution in [-0.2, 0) is 11.2 Å². The quantitative estimate of drug-likeness (QED) is 0.846. The Bertz CT molecular complexity index is 379. The van der Waals surface area contributed by atoms with Crippen molar-refractivity contribution in [2.45, 2.75) is 26.3 Å². The Morgan fingerprint density at radius 3 is 2.71 bits per heavy atom. The van der Waals surface area contributed by atoms with Crippen molar-refractivity contribution in [1.82, 2.24) is 4.90 Å². The molecule has 2 N–H and O–H groups in total. The van der Waals surface area contributed by atoms with E-state index in [2.05, 4.69) is 0 Å². The zero-order valence-corrected chi connectivity index (χ0v) is 10.3. The molecule has 0 aliphatic rings. The van der Waals surface area contributed by atoms with Gasteiger partial charge < -0.3 is 10.6 Å². The molecule has 0 aliphatic carbocycles. The molecule has 0 radical (unpaired) electrons. The topological polar surface area (TPSA) is 46.3 Å². The van der Waals surface area contributed by atoms with E-state index in [4.69, 9.17) is 5.73 Å². The highest BCUT2D eigenvalue weighted by Gasteiger charge is 2.16. The third-order valence-electron chi connectivity index (χ3n) is 2.56. The molecule has 0 atom stereocenters. The van der Waals surface area contributed by atoms with Gasteiger partial charge in [0.05, 0.1) is 6.42 Å². The van der Waals surface area contributed by atoms with E-state index in [1.807, 2.05) is 13.8 Å². The van der Waals surface area contributed by atoms with Gasteiger partial charge in [-0.25, -0.2) is 4.39 Å². The molecule has 0 heterocycles. The number of nitrogens with zero attached hydrogens (tertiary/aromatic N) is 1. The van der Waals surface area contributed by atoms with Gasteiger partial charge >= 0.3 is 0 Å². The molecule has 0 saturated heterocycles. The lowest BCUT2D eigenvalue weighted by molar-refractivity contribution is -0.132. The van der Waals surface area contributed by atoms with Gasteiger partial charge in [0.25, 0.3) is 0 Å². The van der Waals surface area contributed by atoms with Gasteiger partial charge in [0.2, 0.25) is 5.91 Å². The van der Waals surface area contributed by atoms with Crippen LogP contribution in [0.15, 0.2) is 24.3 Å². The van der Waals surface area contributed by atoms with Gasteiger partial charge in [0, 0.05) is 19.1 Å². The van der Waals surface area contributed by atoms with Gasteiger partial charge in [-0.15, -0.1) is 0 Å². The molecule has 0 aliphatic heterocycles. The Morgan fingerprint density at radius 1 is 1.47 bits per heavy atom. The second-order valence-electron chi connectivity index (χ2n) is 4.28. The van der Waals surface area contributed by atoms with E-state index in [1.165, 1.54) is 12.1 Å². The molecule has 1 rings (SSSR count). The molecular weight excluding hydrogens is 219 g/mol. The average Bonchev–Trinajstić information content (AvgIpc) is 2.25. The number of amides is 1. The number of benzene rings is 1. The standard InChI is InChI=1S/C13H19FN2O/c1-10(2)16(7-6-15)13(17)9-11-4-3-5-12(14)8-11/h3-5,8,10H,6-7,9,15H2,1-2H3. The first-order valence-corrected chi connectivity index (χ1v) is 5.78. The number of carbonyl (C=O) groups excluding carboxylic acids is 1. The minimum Gasteiger partial charge on any atom is -0.339 e. The van der Waals surface area contributed by atoms with Gasteiger partial charge in [-0.1, -0.05) is 12.1 Å². The van der Waals surface area contributed by atoms with Crippen molar-refractivity contribution in [1.29, 1.82) is 0 Å². The van der Waals surface area contributed by atoms with Crippen molar-refractivity contribution in [2.24, 2.45) is 5.73 Å². The fourth-order valence-electron chi connectivity index (χ4n) is 1.73. The second-order valence-corrected chi connectivity index (χ2v) is 4.28. The lowest BCUT2D eigenvalue weighted by Gasteiger charge is -2.26. The highest BCUT2D eigenvalue weighted by atomic mass is 19.1. The van der Waals surface area contributed by atoms with Gasteiger partial charge in [-0.05, 0) is 31.5 Å². The number of carbonyl (C=O) groups is 1. The first-order chi connectivity index (χ1) is 8.04. The second kappa shape index (κ2) is 6.35. The summed E-state index contributed by atoms with van der Waals surface area (Å²) < 4.78 is 13.0. The minimum atomic E-state index is -0.315. The van der Waals surface area contributed by atoms with Gasteiger partial charge in [-0.2, -0.15) is 0 Å². The zero-order chi connectivity index (χ0) is 12.8. The molecule has 0 saturated carbocycles. The van der Waals surface area contributed by atoms with Crippen LogP contribution >= 0.6 is 0 Å². The van der Waals surface area contributed by atoms with Gasteiger partial charge in [0.1, 0.15) is 5.82 Å². The Morgan fingerprint density at radius 2 is 2.18 bits per heavy atom. The largest absolute Gasteiger partial charge is 0.339 e. The normalized spacial score (nSPS) is 10.6. The zero-order valence-electron chi connectivity index (χ0n) is 10.3. The molecule has 0 unspecified atom stereocenters. The van der Waals surface area contributed by atoms with Crippen molar-refractivity contribution < 1.29 is 9.18 Å². The summed E-state index contributed by atoms with van der Waals surface area (Å²) in [4.78, 5) is 13.7. The van der Waals surface area contributed by atoms with Crippen molar-refractivity contribution in [3.05, 3.63) is 35.6 Å². The van der Waals surface area contributed by atoms with Crippen LogP contribution in [0.2, 0.25) is 0 Å². The third kappa shape index (κ3) is 4.15. The fourth-order valence-corrected chi connectivity index (χ4v) is 1.73. The van der Waals surface area contributed by atoms with Crippen molar-refractivity contribution in [3.63, 3.8) is 0 Å². The molecule has 1 aromatic carbocycles. The Balaban J connectivity index is 2.69. The monoisotopic (exact) mass is 238 g/mol. The summed E-state index contributed by atoms with van der Waals surface area (Å²) in [5, 5.41) is 0. The first kappa shape index (κ1) is 13.6. The summed E-state index contributed by atoms with van der Waals surface area (Å²) in [6.07, 6.45) is 0.218. The number of hydrogen-bond donors (Lipinski definition) is 1. The lowest BCUT2D eigenvalue weighted by atomic mass is 10.1. The van der Waals surface area contributed by atoms with E-state index in [9.17, 15) is 9.18 Å². The molecule has 0 aromatic heterocycles. The summed E-state index contributed by atoms with van der Waals surface area (Å²) in [7, 11) is 0. The fraction of sp³-hybridized carbons (Fsp3) is 0.462. The Kier molecular flexibility index (Phi) is 5.10. The summed E-state index contributed by atoms with van der Waals surface area (Å²) >= 11 is 0. The van der Waals surface area contributed by atoms with E-state index in [0.717, 1.165) is 0 Å². The predicted octanol–water partition coefficient (Wildman–Crippen LogP) is 1.56. The number of hydrogen-bond acceptors (Lipinski definition) is 2. The Hall–Kier alpha value is -1.42. The van der Waals surface area contributed by atoms with Crippen LogP contribution in [0.1, 0.15) is 19.4 Å². The van der Waals surface area contributed by atoms with Gasteiger partial charge in [0.15, 0.2) is 0 Å². The molecule has 17 heavy (non-hydrogen) atoms. The van der Waals surface area contributed by atoms with E-state index < -0.39 is 0 Å². The molecule has 0 spiro atoms. The van der Waals surface area contributed by atoms with E-state index in [1.54, 1.807) is 17.0 Å². The molecule has 0 bridgehead atoms. The van der Waals surface area contributed by atoms with Gasteiger partial charge in [-0.3, -0.25) is 4.79 Å². The maximum absolute atomic E-state index is 13.0.